The van der Waals surface area contributed by atoms with E-state index in [-0.39, 0.29) is 54.1 Å². The Kier molecular flexibility index (Phi) is 5.67. The van der Waals surface area contributed by atoms with E-state index in [1.807, 2.05) is 19.9 Å². The van der Waals surface area contributed by atoms with Crippen LogP contribution in [-0.2, 0) is 14.8 Å². The molecule has 2 heterocycles. The molecule has 1 aromatic heterocycles. The standard InChI is InChI=1S/C20H21N5O6S/c1-12-3-5-15-18(13(12)2)21-20(26)19(15)23-22-16-6-4-14(25(27)28)11-17(16)32(29,30)24-7-9-31-10-8-24/h3-6,11,21,26H,7-10H2,1-2H3. The Hall–Kier alpha value is -3.35. The van der Waals surface area contributed by atoms with Gasteiger partial charge in [-0.15, -0.1) is 10.2 Å². The minimum absolute atomic E-state index is 0.0697. The van der Waals surface area contributed by atoms with Crippen LogP contribution < -0.4 is 0 Å². The first kappa shape index (κ1) is 21.9. The number of benzene rings is 2. The minimum Gasteiger partial charge on any atom is -0.493 e. The Morgan fingerprint density at radius 3 is 2.56 bits per heavy atom. The highest BCUT2D eigenvalue weighted by atomic mass is 32.2. The zero-order valence-corrected chi connectivity index (χ0v) is 18.2. The fourth-order valence-corrected chi connectivity index (χ4v) is 5.07. The van der Waals surface area contributed by atoms with Gasteiger partial charge in [0.2, 0.25) is 15.9 Å². The third-order valence-electron chi connectivity index (χ3n) is 5.46. The number of nitro benzene ring substituents is 1. The summed E-state index contributed by atoms with van der Waals surface area (Å²) in [5, 5.41) is 30.4. The highest BCUT2D eigenvalue weighted by Gasteiger charge is 2.30. The van der Waals surface area contributed by atoms with Gasteiger partial charge in [-0.3, -0.25) is 10.1 Å². The smallest absolute Gasteiger partial charge is 0.270 e. The molecule has 1 aliphatic rings. The molecule has 11 nitrogen and oxygen atoms in total. The van der Waals surface area contributed by atoms with Gasteiger partial charge in [0.15, 0.2) is 5.69 Å². The van der Waals surface area contributed by atoms with Gasteiger partial charge in [-0.25, -0.2) is 8.42 Å². The van der Waals surface area contributed by atoms with Crippen LogP contribution in [0, 0.1) is 24.0 Å². The van der Waals surface area contributed by atoms with Crippen LogP contribution in [0.15, 0.2) is 45.5 Å². The van der Waals surface area contributed by atoms with Crippen LogP contribution in [0.5, 0.6) is 5.88 Å². The first-order valence-corrected chi connectivity index (χ1v) is 11.2. The third-order valence-corrected chi connectivity index (χ3v) is 7.39. The predicted molar refractivity (Wildman–Crippen MR) is 116 cm³/mol. The SMILES string of the molecule is Cc1ccc2c(N=Nc3ccc([N+](=O)[O-])cc3S(=O)(=O)N3CCOCC3)c(O)[nH]c2c1C. The fourth-order valence-electron chi connectivity index (χ4n) is 3.52. The highest BCUT2D eigenvalue weighted by molar-refractivity contribution is 7.89. The Labute approximate surface area is 183 Å². The summed E-state index contributed by atoms with van der Waals surface area (Å²) in [5.41, 5.74) is 2.36. The van der Waals surface area contributed by atoms with E-state index in [0.717, 1.165) is 23.3 Å². The van der Waals surface area contributed by atoms with E-state index in [0.29, 0.717) is 10.9 Å². The van der Waals surface area contributed by atoms with Crippen LogP contribution >= 0.6 is 0 Å². The average molecular weight is 459 g/mol. The van der Waals surface area contributed by atoms with Crippen molar-refractivity contribution in [1.29, 1.82) is 0 Å². The number of H-pyrrole nitrogens is 1. The number of nitrogens with zero attached hydrogens (tertiary/aromatic N) is 4. The van der Waals surface area contributed by atoms with E-state index in [4.69, 9.17) is 4.74 Å². The largest absolute Gasteiger partial charge is 0.493 e. The molecule has 0 atom stereocenters. The van der Waals surface area contributed by atoms with Gasteiger partial charge in [-0.2, -0.15) is 4.31 Å². The summed E-state index contributed by atoms with van der Waals surface area (Å²) >= 11 is 0. The number of aromatic hydroxyl groups is 1. The lowest BCUT2D eigenvalue weighted by atomic mass is 10.1. The molecule has 2 N–H and O–H groups in total. The van der Waals surface area contributed by atoms with Crippen LogP contribution in [0.1, 0.15) is 11.1 Å². The summed E-state index contributed by atoms with van der Waals surface area (Å²) < 4.78 is 32.8. The number of sulfonamides is 1. The number of aromatic nitrogens is 1. The van der Waals surface area contributed by atoms with Crippen molar-refractivity contribution in [1.82, 2.24) is 9.29 Å². The molecule has 0 bridgehead atoms. The number of hydrogen-bond donors (Lipinski definition) is 2. The molecule has 32 heavy (non-hydrogen) atoms. The molecule has 0 radical (unpaired) electrons. The van der Waals surface area contributed by atoms with Crippen molar-refractivity contribution in [3.63, 3.8) is 0 Å². The number of azo groups is 1. The molecule has 3 aromatic rings. The minimum atomic E-state index is -4.08. The van der Waals surface area contributed by atoms with Crippen LogP contribution in [0.25, 0.3) is 10.9 Å². The van der Waals surface area contributed by atoms with Gasteiger partial charge in [0.1, 0.15) is 10.6 Å². The number of aryl methyl sites for hydroxylation is 2. The molecular formula is C20H21N5O6S. The zero-order chi connectivity index (χ0) is 23.0. The van der Waals surface area contributed by atoms with E-state index in [9.17, 15) is 23.6 Å². The van der Waals surface area contributed by atoms with Crippen molar-refractivity contribution >= 4 is 38.0 Å². The lowest BCUT2D eigenvalue weighted by Gasteiger charge is -2.26. The maximum Gasteiger partial charge on any atom is 0.270 e. The van der Waals surface area contributed by atoms with Gasteiger partial charge >= 0.3 is 0 Å². The number of rotatable bonds is 5. The van der Waals surface area contributed by atoms with Gasteiger partial charge < -0.3 is 14.8 Å². The van der Waals surface area contributed by atoms with E-state index in [2.05, 4.69) is 15.2 Å². The molecule has 0 amide bonds. The van der Waals surface area contributed by atoms with Crippen molar-refractivity contribution in [3.05, 3.63) is 51.6 Å². The van der Waals surface area contributed by atoms with Crippen LogP contribution in [0.2, 0.25) is 0 Å². The molecule has 12 heteroatoms. The molecule has 4 rings (SSSR count). The molecule has 1 saturated heterocycles. The first-order chi connectivity index (χ1) is 15.2. The molecule has 0 spiro atoms. The summed E-state index contributed by atoms with van der Waals surface area (Å²) in [7, 11) is -4.08. The van der Waals surface area contributed by atoms with Gasteiger partial charge in [0.25, 0.3) is 5.69 Å². The van der Waals surface area contributed by atoms with Crippen molar-refractivity contribution in [3.8, 4) is 5.88 Å². The van der Waals surface area contributed by atoms with Crippen LogP contribution in [0.3, 0.4) is 0 Å². The first-order valence-electron chi connectivity index (χ1n) is 9.79. The summed E-state index contributed by atoms with van der Waals surface area (Å²) in [5.74, 6) is -0.211. The number of fused-ring (bicyclic) bond motifs is 1. The lowest BCUT2D eigenvalue weighted by molar-refractivity contribution is -0.385. The van der Waals surface area contributed by atoms with E-state index >= 15 is 0 Å². The molecule has 1 fully saturated rings. The number of non-ortho nitro benzene ring substituents is 1. The Balaban J connectivity index is 1.82. The molecule has 0 saturated carbocycles. The number of nitrogens with one attached hydrogen (secondary N) is 1. The van der Waals surface area contributed by atoms with Crippen molar-refractivity contribution in [2.24, 2.45) is 10.2 Å². The molecule has 168 valence electrons. The third kappa shape index (κ3) is 3.83. The Morgan fingerprint density at radius 2 is 1.88 bits per heavy atom. The molecule has 1 aliphatic heterocycles. The zero-order valence-electron chi connectivity index (χ0n) is 17.4. The summed E-state index contributed by atoms with van der Waals surface area (Å²) in [6.07, 6.45) is 0. The maximum atomic E-state index is 13.2. The number of ether oxygens (including phenoxy) is 1. The number of hydrogen-bond acceptors (Lipinski definition) is 8. The quantitative estimate of drug-likeness (QED) is 0.336. The summed E-state index contributed by atoms with van der Waals surface area (Å²) in [6.45, 7) is 4.55. The molecular weight excluding hydrogens is 438 g/mol. The maximum absolute atomic E-state index is 13.2. The summed E-state index contributed by atoms with van der Waals surface area (Å²) in [6, 6.07) is 7.03. The van der Waals surface area contributed by atoms with Gasteiger partial charge in [-0.05, 0) is 31.0 Å². The second-order valence-corrected chi connectivity index (χ2v) is 9.28. The van der Waals surface area contributed by atoms with Gasteiger partial charge in [-0.1, -0.05) is 12.1 Å². The molecule has 0 aliphatic carbocycles. The number of nitro groups is 1. The average Bonchev–Trinajstić information content (AvgIpc) is 3.11. The molecule has 0 unspecified atom stereocenters. The monoisotopic (exact) mass is 459 g/mol. The normalized spacial score (nSPS) is 15.6. The van der Waals surface area contributed by atoms with Crippen molar-refractivity contribution < 1.29 is 23.2 Å². The summed E-state index contributed by atoms with van der Waals surface area (Å²) in [4.78, 5) is 13.1. The number of morpholine rings is 1. The van der Waals surface area contributed by atoms with E-state index < -0.39 is 14.9 Å². The second-order valence-electron chi connectivity index (χ2n) is 7.38. The Bertz CT molecular complexity index is 1340. The second kappa shape index (κ2) is 8.30. The number of aromatic amines is 1. The lowest BCUT2D eigenvalue weighted by Crippen LogP contribution is -2.40. The topological polar surface area (TPSA) is 150 Å². The highest BCUT2D eigenvalue weighted by Crippen LogP contribution is 2.39. The van der Waals surface area contributed by atoms with Gasteiger partial charge in [0.05, 0.1) is 23.7 Å². The fraction of sp³-hybridized carbons (Fsp3) is 0.300. The van der Waals surface area contributed by atoms with Crippen molar-refractivity contribution in [2.75, 3.05) is 26.3 Å². The van der Waals surface area contributed by atoms with E-state index in [1.165, 1.54) is 10.4 Å². The molecule has 2 aromatic carbocycles. The van der Waals surface area contributed by atoms with Crippen LogP contribution in [-0.4, -0.2) is 54.0 Å². The van der Waals surface area contributed by atoms with Crippen LogP contribution in [0.4, 0.5) is 17.1 Å². The van der Waals surface area contributed by atoms with Crippen molar-refractivity contribution in [2.45, 2.75) is 18.7 Å². The van der Waals surface area contributed by atoms with Gasteiger partial charge in [0, 0.05) is 30.6 Å². The Morgan fingerprint density at radius 1 is 1.16 bits per heavy atom. The van der Waals surface area contributed by atoms with E-state index in [1.54, 1.807) is 6.07 Å². The predicted octanol–water partition coefficient (Wildman–Crippen LogP) is 3.83.